The third kappa shape index (κ3) is 3.65. The first-order valence-electron chi connectivity index (χ1n) is 8.51. The van der Waals surface area contributed by atoms with Gasteiger partial charge in [-0.1, -0.05) is 18.2 Å². The van der Waals surface area contributed by atoms with E-state index >= 15 is 0 Å². The number of aromatic nitrogens is 4. The minimum Gasteiger partial charge on any atom is -0.324 e. The number of rotatable bonds is 5. The Morgan fingerprint density at radius 3 is 2.68 bits per heavy atom. The van der Waals surface area contributed by atoms with E-state index in [4.69, 9.17) is 0 Å². The molecule has 4 rings (SSSR count). The standard InChI is InChI=1S/C19H18N6O2S/c1-12-7-8-13(11-16(12)28(2,26)27)21-19-20-10-9-17(23-19)22-18-14-5-3-4-6-15(14)24-25-18/h3-11H,1-2H3,(H3,20,21,22,23,24,25). The molecule has 0 radical (unpaired) electrons. The van der Waals surface area contributed by atoms with Crippen molar-refractivity contribution in [3.8, 4) is 0 Å². The number of nitrogens with one attached hydrogen (secondary N) is 3. The fraction of sp³-hybridized carbons (Fsp3) is 0.105. The van der Waals surface area contributed by atoms with Gasteiger partial charge in [-0.3, -0.25) is 5.10 Å². The van der Waals surface area contributed by atoms with Crippen LogP contribution in [-0.2, 0) is 9.84 Å². The first kappa shape index (κ1) is 17.9. The fourth-order valence-corrected chi connectivity index (χ4v) is 3.87. The van der Waals surface area contributed by atoms with Crippen molar-refractivity contribution >= 4 is 44.0 Å². The predicted molar refractivity (Wildman–Crippen MR) is 109 cm³/mol. The molecule has 2 aromatic carbocycles. The summed E-state index contributed by atoms with van der Waals surface area (Å²) in [5.74, 6) is 1.56. The van der Waals surface area contributed by atoms with Crippen LogP contribution in [0.2, 0.25) is 0 Å². The number of sulfone groups is 1. The van der Waals surface area contributed by atoms with Crippen molar-refractivity contribution in [3.63, 3.8) is 0 Å². The summed E-state index contributed by atoms with van der Waals surface area (Å²) < 4.78 is 23.8. The van der Waals surface area contributed by atoms with Gasteiger partial charge in [0.25, 0.3) is 0 Å². The van der Waals surface area contributed by atoms with E-state index in [9.17, 15) is 8.42 Å². The van der Waals surface area contributed by atoms with Crippen molar-refractivity contribution in [1.82, 2.24) is 20.2 Å². The van der Waals surface area contributed by atoms with Crippen LogP contribution in [0, 0.1) is 6.92 Å². The summed E-state index contributed by atoms with van der Waals surface area (Å²) in [6.07, 6.45) is 2.80. The molecule has 0 aliphatic rings. The quantitative estimate of drug-likeness (QED) is 0.474. The maximum atomic E-state index is 11.9. The summed E-state index contributed by atoms with van der Waals surface area (Å²) in [4.78, 5) is 8.90. The molecule has 28 heavy (non-hydrogen) atoms. The Balaban J connectivity index is 1.59. The van der Waals surface area contributed by atoms with Gasteiger partial charge in [0.2, 0.25) is 5.95 Å². The van der Waals surface area contributed by atoms with Crippen molar-refractivity contribution in [2.75, 3.05) is 16.9 Å². The molecule has 3 N–H and O–H groups in total. The highest BCUT2D eigenvalue weighted by Gasteiger charge is 2.12. The zero-order chi connectivity index (χ0) is 19.7. The number of H-pyrrole nitrogens is 1. The lowest BCUT2D eigenvalue weighted by atomic mass is 10.2. The Morgan fingerprint density at radius 1 is 1.04 bits per heavy atom. The lowest BCUT2D eigenvalue weighted by Gasteiger charge is -2.10. The maximum Gasteiger partial charge on any atom is 0.229 e. The van der Waals surface area contributed by atoms with Crippen LogP contribution < -0.4 is 10.6 Å². The van der Waals surface area contributed by atoms with E-state index in [0.29, 0.717) is 28.8 Å². The van der Waals surface area contributed by atoms with E-state index in [0.717, 1.165) is 10.9 Å². The summed E-state index contributed by atoms with van der Waals surface area (Å²) >= 11 is 0. The number of fused-ring (bicyclic) bond motifs is 1. The molecule has 0 unspecified atom stereocenters. The number of benzene rings is 2. The normalized spacial score (nSPS) is 11.5. The highest BCUT2D eigenvalue weighted by atomic mass is 32.2. The molecule has 142 valence electrons. The third-order valence-electron chi connectivity index (χ3n) is 4.22. The van der Waals surface area contributed by atoms with Gasteiger partial charge in [0, 0.05) is 23.5 Å². The van der Waals surface area contributed by atoms with E-state index in [-0.39, 0.29) is 4.90 Å². The average molecular weight is 394 g/mol. The summed E-state index contributed by atoms with van der Waals surface area (Å²) in [6, 6.07) is 14.6. The molecule has 0 saturated carbocycles. The second-order valence-corrected chi connectivity index (χ2v) is 8.37. The number of para-hydroxylation sites is 1. The summed E-state index contributed by atoms with van der Waals surface area (Å²) in [7, 11) is -3.32. The minimum atomic E-state index is -3.32. The lowest BCUT2D eigenvalue weighted by molar-refractivity contribution is 0.601. The van der Waals surface area contributed by atoms with E-state index in [2.05, 4.69) is 30.8 Å². The SMILES string of the molecule is Cc1ccc(Nc2nccc(Nc3n[nH]c4ccccc34)n2)cc1S(C)(=O)=O. The largest absolute Gasteiger partial charge is 0.324 e. The lowest BCUT2D eigenvalue weighted by Crippen LogP contribution is -2.03. The number of anilines is 4. The Kier molecular flexibility index (Phi) is 4.44. The Bertz CT molecular complexity index is 1270. The molecule has 2 aromatic heterocycles. The van der Waals surface area contributed by atoms with E-state index in [1.165, 1.54) is 6.26 Å². The average Bonchev–Trinajstić information content (AvgIpc) is 3.06. The van der Waals surface area contributed by atoms with E-state index < -0.39 is 9.84 Å². The van der Waals surface area contributed by atoms with Gasteiger partial charge in [-0.2, -0.15) is 10.1 Å². The molecule has 0 saturated heterocycles. The molecule has 0 amide bonds. The van der Waals surface area contributed by atoms with Gasteiger partial charge in [0.15, 0.2) is 15.7 Å². The molecule has 0 aliphatic heterocycles. The highest BCUT2D eigenvalue weighted by molar-refractivity contribution is 7.90. The van der Waals surface area contributed by atoms with Crippen LogP contribution in [0.5, 0.6) is 0 Å². The van der Waals surface area contributed by atoms with Crippen LogP contribution in [-0.4, -0.2) is 34.8 Å². The van der Waals surface area contributed by atoms with Crippen LogP contribution in [0.4, 0.5) is 23.3 Å². The van der Waals surface area contributed by atoms with Gasteiger partial charge >= 0.3 is 0 Å². The van der Waals surface area contributed by atoms with Crippen LogP contribution in [0.15, 0.2) is 59.6 Å². The predicted octanol–water partition coefficient (Wildman–Crippen LogP) is 3.55. The van der Waals surface area contributed by atoms with Gasteiger partial charge in [0.1, 0.15) is 5.82 Å². The number of aryl methyl sites for hydroxylation is 1. The van der Waals surface area contributed by atoms with Gasteiger partial charge in [-0.05, 0) is 42.8 Å². The molecular formula is C19H18N6O2S. The summed E-state index contributed by atoms with van der Waals surface area (Å²) in [5, 5.41) is 14.4. The fourth-order valence-electron chi connectivity index (χ4n) is 2.88. The van der Waals surface area contributed by atoms with Crippen LogP contribution in [0.1, 0.15) is 5.56 Å². The molecule has 0 fully saturated rings. The summed E-state index contributed by atoms with van der Waals surface area (Å²) in [6.45, 7) is 1.76. The molecule has 4 aromatic rings. The highest BCUT2D eigenvalue weighted by Crippen LogP contribution is 2.24. The van der Waals surface area contributed by atoms with Crippen molar-refractivity contribution in [3.05, 3.63) is 60.3 Å². The second kappa shape index (κ2) is 6.93. The molecule has 8 nitrogen and oxygen atoms in total. The second-order valence-electron chi connectivity index (χ2n) is 6.39. The van der Waals surface area contributed by atoms with Gasteiger partial charge in [0.05, 0.1) is 10.4 Å². The first-order valence-corrected chi connectivity index (χ1v) is 10.4. The monoisotopic (exact) mass is 394 g/mol. The van der Waals surface area contributed by atoms with Crippen molar-refractivity contribution in [1.29, 1.82) is 0 Å². The zero-order valence-corrected chi connectivity index (χ0v) is 16.1. The number of hydrogen-bond acceptors (Lipinski definition) is 7. The summed E-state index contributed by atoms with van der Waals surface area (Å²) in [5.41, 5.74) is 2.20. The van der Waals surface area contributed by atoms with Gasteiger partial charge in [-0.15, -0.1) is 0 Å². The Hall–Kier alpha value is -3.46. The smallest absolute Gasteiger partial charge is 0.229 e. The maximum absolute atomic E-state index is 11.9. The van der Waals surface area contributed by atoms with Crippen molar-refractivity contribution in [2.45, 2.75) is 11.8 Å². The van der Waals surface area contributed by atoms with Crippen LogP contribution in [0.3, 0.4) is 0 Å². The molecule has 0 atom stereocenters. The van der Waals surface area contributed by atoms with E-state index in [1.807, 2.05) is 24.3 Å². The van der Waals surface area contributed by atoms with Crippen molar-refractivity contribution in [2.24, 2.45) is 0 Å². The number of aromatic amines is 1. The molecule has 0 aliphatic carbocycles. The topological polar surface area (TPSA) is 113 Å². The Labute approximate surface area is 162 Å². The first-order chi connectivity index (χ1) is 13.4. The molecule has 9 heteroatoms. The third-order valence-corrected chi connectivity index (χ3v) is 5.45. The number of nitrogens with zero attached hydrogens (tertiary/aromatic N) is 3. The van der Waals surface area contributed by atoms with E-state index in [1.54, 1.807) is 37.4 Å². The van der Waals surface area contributed by atoms with Crippen molar-refractivity contribution < 1.29 is 8.42 Å². The molecule has 0 spiro atoms. The molecular weight excluding hydrogens is 376 g/mol. The van der Waals surface area contributed by atoms with Crippen LogP contribution in [0.25, 0.3) is 10.9 Å². The minimum absolute atomic E-state index is 0.273. The van der Waals surface area contributed by atoms with Gasteiger partial charge < -0.3 is 10.6 Å². The number of hydrogen-bond donors (Lipinski definition) is 3. The Morgan fingerprint density at radius 2 is 1.86 bits per heavy atom. The molecule has 0 bridgehead atoms. The zero-order valence-electron chi connectivity index (χ0n) is 15.3. The molecule has 2 heterocycles. The van der Waals surface area contributed by atoms with Crippen LogP contribution >= 0.6 is 0 Å². The van der Waals surface area contributed by atoms with Gasteiger partial charge in [-0.25, -0.2) is 13.4 Å².